The van der Waals surface area contributed by atoms with Gasteiger partial charge in [0.25, 0.3) is 11.5 Å². The Morgan fingerprint density at radius 2 is 1.76 bits per heavy atom. The van der Waals surface area contributed by atoms with E-state index in [2.05, 4.69) is 25.7 Å². The van der Waals surface area contributed by atoms with Crippen LogP contribution in [0.4, 0.5) is 11.4 Å². The molecule has 0 spiro atoms. The minimum atomic E-state index is -0.617. The van der Waals surface area contributed by atoms with Gasteiger partial charge < -0.3 is 15.6 Å². The molecule has 0 aliphatic heterocycles. The minimum Gasteiger partial charge on any atom is -0.325 e. The molecule has 0 bridgehead atoms. The molecule has 2 amide bonds. The zero-order chi connectivity index (χ0) is 23.8. The Morgan fingerprint density at radius 3 is 2.39 bits per heavy atom. The van der Waals surface area contributed by atoms with Crippen LogP contribution in [0.25, 0.3) is 0 Å². The third-order valence-corrected chi connectivity index (χ3v) is 5.59. The van der Waals surface area contributed by atoms with Gasteiger partial charge >= 0.3 is 0 Å². The number of anilines is 2. The van der Waals surface area contributed by atoms with Gasteiger partial charge in [0.15, 0.2) is 5.78 Å². The van der Waals surface area contributed by atoms with Gasteiger partial charge in [-0.2, -0.15) is 5.10 Å². The van der Waals surface area contributed by atoms with Crippen LogP contribution in [0, 0.1) is 5.41 Å². The summed E-state index contributed by atoms with van der Waals surface area (Å²) in [5, 5.41) is 9.37. The monoisotopic (exact) mass is 448 g/mol. The third kappa shape index (κ3) is 4.74. The molecule has 4 rings (SSSR count). The molecule has 10 nitrogen and oxygen atoms in total. The van der Waals surface area contributed by atoms with E-state index in [-0.39, 0.29) is 22.7 Å². The molecule has 0 saturated heterocycles. The van der Waals surface area contributed by atoms with E-state index in [4.69, 9.17) is 0 Å². The number of benzene rings is 1. The lowest BCUT2D eigenvalue weighted by Gasteiger charge is -2.29. The first kappa shape index (κ1) is 22.1. The van der Waals surface area contributed by atoms with Crippen LogP contribution >= 0.6 is 0 Å². The summed E-state index contributed by atoms with van der Waals surface area (Å²) in [6.45, 7) is 5.63. The Bertz CT molecular complexity index is 1280. The Morgan fingerprint density at radius 1 is 1.09 bits per heavy atom. The summed E-state index contributed by atoms with van der Waals surface area (Å²) >= 11 is 0. The summed E-state index contributed by atoms with van der Waals surface area (Å²) in [5.74, 6) is -0.981. The number of nitrogens with zero attached hydrogens (tertiary/aromatic N) is 3. The maximum absolute atomic E-state index is 12.7. The van der Waals surface area contributed by atoms with E-state index < -0.39 is 17.5 Å². The van der Waals surface area contributed by atoms with Crippen molar-refractivity contribution >= 4 is 29.0 Å². The molecule has 1 unspecified atom stereocenters. The van der Waals surface area contributed by atoms with Crippen LogP contribution in [0.2, 0.25) is 0 Å². The van der Waals surface area contributed by atoms with Gasteiger partial charge in [-0.25, -0.2) is 9.67 Å². The predicted octanol–water partition coefficient (Wildman–Crippen LogP) is 2.57. The zero-order valence-electron chi connectivity index (χ0n) is 18.5. The van der Waals surface area contributed by atoms with Gasteiger partial charge in [0.2, 0.25) is 5.91 Å². The fourth-order valence-corrected chi connectivity index (χ4v) is 3.82. The first-order chi connectivity index (χ1) is 15.6. The second kappa shape index (κ2) is 8.45. The first-order valence-electron chi connectivity index (χ1n) is 10.5. The van der Waals surface area contributed by atoms with Crippen LogP contribution in [-0.4, -0.2) is 37.3 Å². The van der Waals surface area contributed by atoms with E-state index in [9.17, 15) is 19.2 Å². The van der Waals surface area contributed by atoms with Crippen LogP contribution < -0.4 is 16.2 Å². The normalized spacial score (nSPS) is 15.4. The number of H-pyrrole nitrogens is 1. The third-order valence-electron chi connectivity index (χ3n) is 5.59. The Hall–Kier alpha value is -4.08. The van der Waals surface area contributed by atoms with Gasteiger partial charge in [0, 0.05) is 29.1 Å². The maximum Gasteiger partial charge on any atom is 0.261 e. The number of Topliss-reactive ketones (excluding diaryl/α,β-unsaturated/α-hetero) is 1. The van der Waals surface area contributed by atoms with Crippen LogP contribution in [0.5, 0.6) is 0 Å². The quantitative estimate of drug-likeness (QED) is 0.548. The van der Waals surface area contributed by atoms with Gasteiger partial charge in [-0.3, -0.25) is 19.2 Å². The molecule has 3 aromatic rings. The topological polar surface area (TPSA) is 139 Å². The number of pyridine rings is 1. The summed E-state index contributed by atoms with van der Waals surface area (Å²) < 4.78 is 1.44. The second-order valence-electron chi connectivity index (χ2n) is 8.92. The largest absolute Gasteiger partial charge is 0.325 e. The lowest BCUT2D eigenvalue weighted by molar-refractivity contribution is -0.119. The van der Waals surface area contributed by atoms with Gasteiger partial charge in [-0.05, 0) is 49.1 Å². The van der Waals surface area contributed by atoms with E-state index in [0.29, 0.717) is 35.5 Å². The molecule has 0 saturated carbocycles. The molecule has 0 fully saturated rings. The van der Waals surface area contributed by atoms with Gasteiger partial charge in [-0.15, -0.1) is 0 Å². The van der Waals surface area contributed by atoms with E-state index in [0.717, 1.165) is 0 Å². The number of fused-ring (bicyclic) bond motifs is 1. The molecule has 33 heavy (non-hydrogen) atoms. The molecule has 2 heterocycles. The fraction of sp³-hybridized carbons (Fsp3) is 0.304. The van der Waals surface area contributed by atoms with Crippen molar-refractivity contribution in [1.29, 1.82) is 0 Å². The van der Waals surface area contributed by atoms with Crippen molar-refractivity contribution in [3.05, 3.63) is 70.2 Å². The number of carbonyl (C=O) groups excluding carboxylic acids is 3. The van der Waals surface area contributed by atoms with E-state index in [1.807, 2.05) is 13.8 Å². The number of hydrogen-bond acceptors (Lipinski definition) is 6. The Balaban J connectivity index is 1.45. The van der Waals surface area contributed by atoms with Crippen LogP contribution in [-0.2, 0) is 11.2 Å². The van der Waals surface area contributed by atoms with Crippen molar-refractivity contribution in [2.75, 3.05) is 10.6 Å². The first-order valence-corrected chi connectivity index (χ1v) is 10.5. The Labute approximate surface area is 189 Å². The highest BCUT2D eigenvalue weighted by molar-refractivity contribution is 6.07. The fourth-order valence-electron chi connectivity index (χ4n) is 3.82. The average Bonchev–Trinajstić information content (AvgIpc) is 3.28. The van der Waals surface area contributed by atoms with Crippen LogP contribution in [0.15, 0.2) is 47.8 Å². The summed E-state index contributed by atoms with van der Waals surface area (Å²) in [7, 11) is 0. The van der Waals surface area contributed by atoms with Crippen LogP contribution in [0.3, 0.4) is 0 Å². The average molecular weight is 448 g/mol. The predicted molar refractivity (Wildman–Crippen MR) is 121 cm³/mol. The second-order valence-corrected chi connectivity index (χ2v) is 8.92. The Kier molecular flexibility index (Phi) is 5.67. The molecular weight excluding hydrogens is 424 g/mol. The molecular formula is C23H24N6O4. The zero-order valence-corrected chi connectivity index (χ0v) is 18.5. The molecule has 0 radical (unpaired) electrons. The standard InChI is InChI=1S/C23H24N6O4/c1-13(29-12-24-11-25-29)20(31)26-14-4-6-15(7-5-14)27-21(32)17-8-16-18(28-22(17)33)9-23(2,3)10-19(16)30/h4-8,11-13H,9-10H2,1-3H3,(H,26,31)(H,27,32)(H,28,33). The van der Waals surface area contributed by atoms with Crippen molar-refractivity contribution in [1.82, 2.24) is 19.7 Å². The maximum atomic E-state index is 12.7. The van der Waals surface area contributed by atoms with Gasteiger partial charge in [0.05, 0.1) is 0 Å². The van der Waals surface area contributed by atoms with E-state index >= 15 is 0 Å². The van der Waals surface area contributed by atoms with Crippen molar-refractivity contribution in [3.8, 4) is 0 Å². The number of rotatable bonds is 5. The molecule has 1 atom stereocenters. The molecule has 170 valence electrons. The summed E-state index contributed by atoms with van der Waals surface area (Å²) in [6, 6.07) is 7.30. The van der Waals surface area contributed by atoms with Gasteiger partial charge in [-0.1, -0.05) is 13.8 Å². The number of ketones is 1. The summed E-state index contributed by atoms with van der Waals surface area (Å²) in [5.41, 5.74) is 1.03. The van der Waals surface area contributed by atoms with E-state index in [1.165, 1.54) is 23.4 Å². The van der Waals surface area contributed by atoms with Gasteiger partial charge in [0.1, 0.15) is 24.3 Å². The molecule has 1 aliphatic rings. The number of nitrogens with one attached hydrogen (secondary N) is 3. The van der Waals surface area contributed by atoms with Crippen LogP contribution in [0.1, 0.15) is 59.6 Å². The number of aromatic nitrogens is 4. The van der Waals surface area contributed by atoms with E-state index in [1.54, 1.807) is 31.2 Å². The SMILES string of the molecule is CC(C(=O)Nc1ccc(NC(=O)c2cc3c([nH]c2=O)CC(C)(C)CC3=O)cc1)n1cncn1. The smallest absolute Gasteiger partial charge is 0.261 e. The number of aromatic amines is 1. The number of amides is 2. The van der Waals surface area contributed by atoms with Crippen molar-refractivity contribution in [2.45, 2.75) is 39.7 Å². The minimum absolute atomic E-state index is 0.0910. The molecule has 3 N–H and O–H groups in total. The summed E-state index contributed by atoms with van der Waals surface area (Å²) in [6.07, 6.45) is 3.73. The highest BCUT2D eigenvalue weighted by atomic mass is 16.2. The van der Waals surface area contributed by atoms with Crippen molar-refractivity contribution in [3.63, 3.8) is 0 Å². The summed E-state index contributed by atoms with van der Waals surface area (Å²) in [4.78, 5) is 56.6. The highest BCUT2D eigenvalue weighted by Crippen LogP contribution is 2.33. The number of hydrogen-bond donors (Lipinski definition) is 3. The molecule has 2 aromatic heterocycles. The lowest BCUT2D eigenvalue weighted by Crippen LogP contribution is -2.32. The molecule has 10 heteroatoms. The van der Waals surface area contributed by atoms with Crippen molar-refractivity contribution in [2.24, 2.45) is 5.41 Å². The molecule has 1 aromatic carbocycles. The molecule has 1 aliphatic carbocycles. The number of carbonyl (C=O) groups is 3. The van der Waals surface area contributed by atoms with Crippen molar-refractivity contribution < 1.29 is 14.4 Å². The lowest BCUT2D eigenvalue weighted by atomic mass is 9.75. The highest BCUT2D eigenvalue weighted by Gasteiger charge is 2.32.